The number of halogens is 3. The van der Waals surface area contributed by atoms with Crippen LogP contribution in [-0.4, -0.2) is 20.7 Å². The summed E-state index contributed by atoms with van der Waals surface area (Å²) in [7, 11) is 0. The molecule has 0 bridgehead atoms. The summed E-state index contributed by atoms with van der Waals surface area (Å²) in [6, 6.07) is 6.81. The van der Waals surface area contributed by atoms with Gasteiger partial charge in [-0.3, -0.25) is 4.79 Å². The summed E-state index contributed by atoms with van der Waals surface area (Å²) in [5.41, 5.74) is 2.99. The standard InChI is InChI=1S/C20H15ClF2N4O/c21-17-4-1-10(8-24-17)9-25-20(28)18-14-6-11-5-13(11)19(14)27(26-18)16-3-2-12(22)7-15(16)23/h1-4,7-8,11,13H,5-6,9H2,(H,25,28)/t11-,13-/m1/s1. The van der Waals surface area contributed by atoms with Crippen LogP contribution in [0.2, 0.25) is 5.15 Å². The quantitative estimate of drug-likeness (QED) is 0.678. The second kappa shape index (κ2) is 6.38. The van der Waals surface area contributed by atoms with Crippen LogP contribution in [0.4, 0.5) is 8.78 Å². The van der Waals surface area contributed by atoms with Crippen molar-refractivity contribution in [2.24, 2.45) is 5.92 Å². The predicted molar refractivity (Wildman–Crippen MR) is 98.4 cm³/mol. The zero-order valence-electron chi connectivity index (χ0n) is 14.6. The normalized spacial score (nSPS) is 19.2. The van der Waals surface area contributed by atoms with Gasteiger partial charge in [0.1, 0.15) is 16.7 Å². The van der Waals surface area contributed by atoms with Gasteiger partial charge in [-0.25, -0.2) is 18.4 Å². The van der Waals surface area contributed by atoms with Crippen molar-refractivity contribution >= 4 is 17.5 Å². The van der Waals surface area contributed by atoms with Gasteiger partial charge in [0.15, 0.2) is 11.5 Å². The molecule has 1 aromatic carbocycles. The molecule has 142 valence electrons. The lowest BCUT2D eigenvalue weighted by atomic mass is 10.1. The molecule has 2 heterocycles. The van der Waals surface area contributed by atoms with Gasteiger partial charge in [0.05, 0.1) is 5.69 Å². The van der Waals surface area contributed by atoms with E-state index in [4.69, 9.17) is 11.6 Å². The first-order valence-corrected chi connectivity index (χ1v) is 9.35. The molecule has 3 aromatic rings. The van der Waals surface area contributed by atoms with E-state index in [1.165, 1.54) is 16.8 Å². The summed E-state index contributed by atoms with van der Waals surface area (Å²) in [6.07, 6.45) is 3.36. The molecule has 8 heteroatoms. The predicted octanol–water partition coefficient (Wildman–Crippen LogP) is 3.79. The van der Waals surface area contributed by atoms with E-state index in [0.717, 1.165) is 35.7 Å². The van der Waals surface area contributed by atoms with Crippen LogP contribution in [0.15, 0.2) is 36.5 Å². The third-order valence-electron chi connectivity index (χ3n) is 5.36. The Morgan fingerprint density at radius 2 is 2.14 bits per heavy atom. The number of pyridine rings is 1. The Morgan fingerprint density at radius 1 is 1.29 bits per heavy atom. The van der Waals surface area contributed by atoms with Gasteiger partial charge in [-0.2, -0.15) is 5.10 Å². The number of hydrogen-bond acceptors (Lipinski definition) is 3. The van der Waals surface area contributed by atoms with E-state index in [-0.39, 0.29) is 24.1 Å². The highest BCUT2D eigenvalue weighted by molar-refractivity contribution is 6.29. The number of carbonyl (C=O) groups excluding carboxylic acids is 1. The lowest BCUT2D eigenvalue weighted by Gasteiger charge is -2.07. The summed E-state index contributed by atoms with van der Waals surface area (Å²) in [6.45, 7) is 0.280. The first-order chi connectivity index (χ1) is 13.5. The number of aromatic nitrogens is 3. The Morgan fingerprint density at radius 3 is 2.89 bits per heavy atom. The fourth-order valence-corrected chi connectivity index (χ4v) is 4.02. The number of benzene rings is 1. The molecule has 0 unspecified atom stereocenters. The highest BCUT2D eigenvalue weighted by Gasteiger charge is 2.50. The Bertz CT molecular complexity index is 1100. The van der Waals surface area contributed by atoms with Crippen molar-refractivity contribution in [2.75, 3.05) is 0 Å². The van der Waals surface area contributed by atoms with E-state index in [2.05, 4.69) is 15.4 Å². The summed E-state index contributed by atoms with van der Waals surface area (Å²) in [4.78, 5) is 16.7. The summed E-state index contributed by atoms with van der Waals surface area (Å²) in [5, 5.41) is 7.61. The van der Waals surface area contributed by atoms with Crippen molar-refractivity contribution in [3.63, 3.8) is 0 Å². The number of carbonyl (C=O) groups is 1. The molecule has 0 saturated heterocycles. The number of hydrogen-bond donors (Lipinski definition) is 1. The molecule has 2 aromatic heterocycles. The van der Waals surface area contributed by atoms with Gasteiger partial charge in [0, 0.05) is 30.3 Å². The van der Waals surface area contributed by atoms with Gasteiger partial charge >= 0.3 is 0 Å². The molecular formula is C20H15ClF2N4O. The van der Waals surface area contributed by atoms with Crippen LogP contribution in [0.1, 0.15) is 39.6 Å². The minimum absolute atomic E-state index is 0.158. The molecule has 0 aliphatic heterocycles. The number of nitrogens with zero attached hydrogens (tertiary/aromatic N) is 3. The molecule has 28 heavy (non-hydrogen) atoms. The lowest BCUT2D eigenvalue weighted by molar-refractivity contribution is 0.0944. The molecule has 2 atom stereocenters. The topological polar surface area (TPSA) is 59.8 Å². The number of fused-ring (bicyclic) bond motifs is 3. The third-order valence-corrected chi connectivity index (χ3v) is 5.58. The Balaban J connectivity index is 1.46. The summed E-state index contributed by atoms with van der Waals surface area (Å²) in [5.74, 6) is -0.907. The van der Waals surface area contributed by atoms with E-state index >= 15 is 0 Å². The first kappa shape index (κ1) is 17.3. The van der Waals surface area contributed by atoms with Crippen LogP contribution in [0, 0.1) is 17.6 Å². The highest BCUT2D eigenvalue weighted by atomic mass is 35.5. The second-order valence-corrected chi connectivity index (χ2v) is 7.59. The van der Waals surface area contributed by atoms with E-state index in [0.29, 0.717) is 16.8 Å². The van der Waals surface area contributed by atoms with Crippen LogP contribution in [0.5, 0.6) is 0 Å². The monoisotopic (exact) mass is 400 g/mol. The van der Waals surface area contributed by atoms with Gasteiger partial charge in [-0.05, 0) is 42.5 Å². The highest BCUT2D eigenvalue weighted by Crippen LogP contribution is 2.57. The molecular weight excluding hydrogens is 386 g/mol. The van der Waals surface area contributed by atoms with Crippen molar-refractivity contribution in [2.45, 2.75) is 25.3 Å². The lowest BCUT2D eigenvalue weighted by Crippen LogP contribution is -2.24. The molecule has 5 nitrogen and oxygen atoms in total. The minimum Gasteiger partial charge on any atom is -0.346 e. The van der Waals surface area contributed by atoms with Gasteiger partial charge in [-0.15, -0.1) is 0 Å². The molecule has 1 saturated carbocycles. The van der Waals surface area contributed by atoms with Crippen molar-refractivity contribution in [3.05, 3.63) is 75.8 Å². The smallest absolute Gasteiger partial charge is 0.272 e. The van der Waals surface area contributed by atoms with Crippen LogP contribution in [0.25, 0.3) is 5.69 Å². The minimum atomic E-state index is -0.700. The average molecular weight is 401 g/mol. The fraction of sp³-hybridized carbons (Fsp3) is 0.250. The van der Waals surface area contributed by atoms with E-state index in [1.807, 2.05) is 0 Å². The number of amides is 1. The zero-order chi connectivity index (χ0) is 19.4. The zero-order valence-corrected chi connectivity index (χ0v) is 15.4. The van der Waals surface area contributed by atoms with Crippen LogP contribution in [-0.2, 0) is 13.0 Å². The molecule has 5 rings (SSSR count). The average Bonchev–Trinajstić information content (AvgIpc) is 3.17. The molecule has 2 aliphatic rings. The first-order valence-electron chi connectivity index (χ1n) is 8.97. The van der Waals surface area contributed by atoms with Gasteiger partial charge in [0.25, 0.3) is 5.91 Å². The van der Waals surface area contributed by atoms with Crippen LogP contribution >= 0.6 is 11.6 Å². The fourth-order valence-electron chi connectivity index (χ4n) is 3.91. The van der Waals surface area contributed by atoms with E-state index in [1.54, 1.807) is 18.3 Å². The summed E-state index contributed by atoms with van der Waals surface area (Å²) < 4.78 is 29.1. The van der Waals surface area contributed by atoms with Crippen LogP contribution in [0.3, 0.4) is 0 Å². The Labute approximate surface area is 164 Å². The van der Waals surface area contributed by atoms with Crippen molar-refractivity contribution in [1.82, 2.24) is 20.1 Å². The SMILES string of the molecule is O=C(NCc1ccc(Cl)nc1)c1nn(-c2ccc(F)cc2F)c2c1C[C@H]1C[C@@H]21. The van der Waals surface area contributed by atoms with Crippen LogP contribution < -0.4 is 5.32 Å². The molecule has 1 fully saturated rings. The maximum atomic E-state index is 14.3. The van der Waals surface area contributed by atoms with Gasteiger partial charge in [0.2, 0.25) is 0 Å². The molecule has 1 amide bonds. The number of nitrogens with one attached hydrogen (secondary N) is 1. The van der Waals surface area contributed by atoms with Crippen molar-refractivity contribution in [1.29, 1.82) is 0 Å². The molecule has 0 radical (unpaired) electrons. The third kappa shape index (κ3) is 2.86. The van der Waals surface area contributed by atoms with Crippen molar-refractivity contribution in [3.8, 4) is 5.69 Å². The van der Waals surface area contributed by atoms with Gasteiger partial charge in [-0.1, -0.05) is 17.7 Å². The number of rotatable bonds is 4. The Hall–Kier alpha value is -2.80. The van der Waals surface area contributed by atoms with E-state index < -0.39 is 11.6 Å². The van der Waals surface area contributed by atoms with Gasteiger partial charge < -0.3 is 5.32 Å². The Kier molecular flexibility index (Phi) is 3.94. The molecule has 1 N–H and O–H groups in total. The molecule has 2 aliphatic carbocycles. The maximum Gasteiger partial charge on any atom is 0.272 e. The largest absolute Gasteiger partial charge is 0.346 e. The van der Waals surface area contributed by atoms with E-state index in [9.17, 15) is 13.6 Å². The summed E-state index contributed by atoms with van der Waals surface area (Å²) >= 11 is 5.77. The van der Waals surface area contributed by atoms with Crippen molar-refractivity contribution < 1.29 is 13.6 Å². The second-order valence-electron chi connectivity index (χ2n) is 7.20. The maximum absolute atomic E-state index is 14.3. The molecule has 0 spiro atoms.